The van der Waals surface area contributed by atoms with E-state index in [1.54, 1.807) is 0 Å². The molecule has 0 atom stereocenters. The highest BCUT2D eigenvalue weighted by Crippen LogP contribution is 2.09. The zero-order valence-corrected chi connectivity index (χ0v) is 7.43. The van der Waals surface area contributed by atoms with Gasteiger partial charge in [0.05, 0.1) is 4.99 Å². The second kappa shape index (κ2) is 3.16. The molecule has 0 amide bonds. The van der Waals surface area contributed by atoms with Crippen molar-refractivity contribution in [3.05, 3.63) is 0 Å². The van der Waals surface area contributed by atoms with E-state index < -0.39 is 0 Å². The third kappa shape index (κ3) is 7.89. The van der Waals surface area contributed by atoms with Gasteiger partial charge >= 0.3 is 0 Å². The Morgan fingerprint density at radius 2 is 1.89 bits per heavy atom. The fraction of sp³-hybridized carbons (Fsp3) is 0.857. The van der Waals surface area contributed by atoms with Gasteiger partial charge in [-0.25, -0.2) is 0 Å². The van der Waals surface area contributed by atoms with Crippen LogP contribution >= 0.6 is 12.2 Å². The van der Waals surface area contributed by atoms with Gasteiger partial charge in [-0.15, -0.1) is 0 Å². The predicted molar refractivity (Wildman–Crippen MR) is 45.7 cm³/mol. The highest BCUT2D eigenvalue weighted by atomic mass is 32.1. The molecule has 0 saturated carbocycles. The maximum atomic E-state index is 4.85. The van der Waals surface area contributed by atoms with E-state index in [0.29, 0.717) is 5.41 Å². The van der Waals surface area contributed by atoms with Crippen LogP contribution in [0.4, 0.5) is 0 Å². The first-order valence-corrected chi connectivity index (χ1v) is 3.57. The first-order valence-electron chi connectivity index (χ1n) is 3.16. The molecule has 0 bridgehead atoms. The molecule has 0 aliphatic heterocycles. The molecule has 0 aromatic rings. The zero-order valence-electron chi connectivity index (χ0n) is 6.62. The monoisotopic (exact) mass is 145 g/mol. The minimum atomic E-state index is 0.333. The Bertz CT molecular complexity index is 102. The van der Waals surface area contributed by atoms with Crippen molar-refractivity contribution in [2.75, 3.05) is 6.54 Å². The molecule has 9 heavy (non-hydrogen) atoms. The SMILES string of the molecule is CC(=S)NCC(C)(C)C. The van der Waals surface area contributed by atoms with E-state index in [4.69, 9.17) is 12.2 Å². The molecule has 0 heterocycles. The lowest BCUT2D eigenvalue weighted by atomic mass is 9.97. The molecule has 0 fully saturated rings. The van der Waals surface area contributed by atoms with Gasteiger partial charge in [-0.3, -0.25) is 0 Å². The van der Waals surface area contributed by atoms with Crippen molar-refractivity contribution in [1.82, 2.24) is 5.32 Å². The van der Waals surface area contributed by atoms with Crippen LogP contribution in [-0.2, 0) is 0 Å². The first-order chi connectivity index (χ1) is 3.92. The molecule has 0 aromatic carbocycles. The Hall–Kier alpha value is -0.110. The average Bonchev–Trinajstić information content (AvgIpc) is 1.59. The third-order valence-electron chi connectivity index (χ3n) is 0.868. The second-order valence-electron chi connectivity index (χ2n) is 3.47. The van der Waals surface area contributed by atoms with Crippen molar-refractivity contribution in [3.8, 4) is 0 Å². The molecule has 0 aliphatic carbocycles. The minimum Gasteiger partial charge on any atom is -0.379 e. The number of hydrogen-bond donors (Lipinski definition) is 1. The molecule has 0 unspecified atom stereocenters. The van der Waals surface area contributed by atoms with Gasteiger partial charge in [0.1, 0.15) is 0 Å². The normalized spacial score (nSPS) is 11.1. The summed E-state index contributed by atoms with van der Waals surface area (Å²) in [6.45, 7) is 9.40. The Morgan fingerprint density at radius 1 is 1.44 bits per heavy atom. The summed E-state index contributed by atoms with van der Waals surface area (Å²) in [6, 6.07) is 0. The summed E-state index contributed by atoms with van der Waals surface area (Å²) in [4.78, 5) is 0.880. The molecule has 1 N–H and O–H groups in total. The predicted octanol–water partition coefficient (Wildman–Crippen LogP) is 1.97. The van der Waals surface area contributed by atoms with Gasteiger partial charge in [-0.1, -0.05) is 33.0 Å². The molecule has 0 rings (SSSR count). The van der Waals surface area contributed by atoms with Crippen molar-refractivity contribution < 1.29 is 0 Å². The number of thiocarbonyl (C=S) groups is 1. The van der Waals surface area contributed by atoms with E-state index in [1.165, 1.54) is 0 Å². The van der Waals surface area contributed by atoms with Gasteiger partial charge < -0.3 is 5.32 Å². The van der Waals surface area contributed by atoms with Crippen molar-refractivity contribution in [2.24, 2.45) is 5.41 Å². The highest BCUT2D eigenvalue weighted by Gasteiger charge is 2.08. The third-order valence-corrected chi connectivity index (χ3v) is 1.01. The van der Waals surface area contributed by atoms with Crippen LogP contribution in [0.2, 0.25) is 0 Å². The Balaban J connectivity index is 3.39. The summed E-state index contributed by atoms with van der Waals surface area (Å²) in [6.07, 6.45) is 0. The van der Waals surface area contributed by atoms with Crippen molar-refractivity contribution in [1.29, 1.82) is 0 Å². The summed E-state index contributed by atoms with van der Waals surface area (Å²) in [7, 11) is 0. The lowest BCUT2D eigenvalue weighted by molar-refractivity contribution is 0.409. The first kappa shape index (κ1) is 8.89. The fourth-order valence-electron chi connectivity index (χ4n) is 0.390. The van der Waals surface area contributed by atoms with Crippen molar-refractivity contribution in [3.63, 3.8) is 0 Å². The van der Waals surface area contributed by atoms with E-state index in [0.717, 1.165) is 11.5 Å². The van der Waals surface area contributed by atoms with E-state index in [9.17, 15) is 0 Å². The lowest BCUT2D eigenvalue weighted by Gasteiger charge is -2.18. The molecule has 1 nitrogen and oxygen atoms in total. The summed E-state index contributed by atoms with van der Waals surface area (Å²) in [5.41, 5.74) is 0.333. The molecule has 0 aliphatic rings. The van der Waals surface area contributed by atoms with Gasteiger partial charge in [-0.05, 0) is 12.3 Å². The Morgan fingerprint density at radius 3 is 2.00 bits per heavy atom. The van der Waals surface area contributed by atoms with Crippen LogP contribution in [0.5, 0.6) is 0 Å². The number of nitrogens with one attached hydrogen (secondary N) is 1. The van der Waals surface area contributed by atoms with Crippen LogP contribution in [0.25, 0.3) is 0 Å². The summed E-state index contributed by atoms with van der Waals surface area (Å²) in [5, 5.41) is 3.12. The summed E-state index contributed by atoms with van der Waals surface area (Å²) < 4.78 is 0. The Kier molecular flexibility index (Phi) is 3.12. The lowest BCUT2D eigenvalue weighted by Crippen LogP contribution is -2.29. The van der Waals surface area contributed by atoms with Crippen LogP contribution in [0.3, 0.4) is 0 Å². The minimum absolute atomic E-state index is 0.333. The van der Waals surface area contributed by atoms with E-state index in [2.05, 4.69) is 26.1 Å². The Labute approximate surface area is 62.8 Å². The van der Waals surface area contributed by atoms with Crippen LogP contribution in [-0.4, -0.2) is 11.5 Å². The quantitative estimate of drug-likeness (QED) is 0.566. The standard InChI is InChI=1S/C7H15NS/c1-6(9)8-5-7(2,3)4/h5H2,1-4H3,(H,8,9). The number of hydrogen-bond acceptors (Lipinski definition) is 1. The summed E-state index contributed by atoms with van der Waals surface area (Å²) in [5.74, 6) is 0. The van der Waals surface area contributed by atoms with Crippen LogP contribution in [0, 0.1) is 5.41 Å². The second-order valence-corrected chi connectivity index (χ2v) is 4.08. The number of rotatable bonds is 1. The van der Waals surface area contributed by atoms with Gasteiger partial charge in [0.2, 0.25) is 0 Å². The average molecular weight is 145 g/mol. The van der Waals surface area contributed by atoms with Gasteiger partial charge in [0, 0.05) is 6.54 Å². The molecular formula is C7H15NS. The maximum absolute atomic E-state index is 4.85. The molecule has 0 radical (unpaired) electrons. The van der Waals surface area contributed by atoms with Crippen LogP contribution < -0.4 is 5.32 Å². The molecule has 0 spiro atoms. The van der Waals surface area contributed by atoms with Gasteiger partial charge in [-0.2, -0.15) is 0 Å². The molecule has 54 valence electrons. The summed E-state index contributed by atoms with van der Waals surface area (Å²) >= 11 is 4.85. The maximum Gasteiger partial charge on any atom is 0.0722 e. The topological polar surface area (TPSA) is 12.0 Å². The molecule has 0 aromatic heterocycles. The van der Waals surface area contributed by atoms with Gasteiger partial charge in [0.15, 0.2) is 0 Å². The van der Waals surface area contributed by atoms with Crippen molar-refractivity contribution >= 4 is 17.2 Å². The fourth-order valence-corrected chi connectivity index (χ4v) is 0.462. The zero-order chi connectivity index (χ0) is 7.49. The largest absolute Gasteiger partial charge is 0.379 e. The molecule has 2 heteroatoms. The van der Waals surface area contributed by atoms with Crippen LogP contribution in [0.15, 0.2) is 0 Å². The van der Waals surface area contributed by atoms with Crippen molar-refractivity contribution in [2.45, 2.75) is 27.7 Å². The van der Waals surface area contributed by atoms with Gasteiger partial charge in [0.25, 0.3) is 0 Å². The molecular weight excluding hydrogens is 130 g/mol. The van der Waals surface area contributed by atoms with E-state index in [-0.39, 0.29) is 0 Å². The highest BCUT2D eigenvalue weighted by molar-refractivity contribution is 7.80. The van der Waals surface area contributed by atoms with E-state index >= 15 is 0 Å². The molecule has 0 saturated heterocycles. The smallest absolute Gasteiger partial charge is 0.0722 e. The van der Waals surface area contributed by atoms with Crippen LogP contribution in [0.1, 0.15) is 27.7 Å². The van der Waals surface area contributed by atoms with E-state index in [1.807, 2.05) is 6.92 Å².